The summed E-state index contributed by atoms with van der Waals surface area (Å²) in [7, 11) is -3.79. The van der Waals surface area contributed by atoms with Gasteiger partial charge in [0.1, 0.15) is 5.69 Å². The molecule has 34 heavy (non-hydrogen) atoms. The number of nitrogens with one attached hydrogen (secondary N) is 1. The van der Waals surface area contributed by atoms with Gasteiger partial charge in [0, 0.05) is 26.2 Å². The number of piperazine rings is 1. The summed E-state index contributed by atoms with van der Waals surface area (Å²) < 4.78 is 94.6. The molecule has 4 rings (SSSR count). The zero-order chi connectivity index (χ0) is 24.6. The number of carbonyl (C=O) groups excluding carboxylic acids is 1. The van der Waals surface area contributed by atoms with Crippen LogP contribution in [0.25, 0.3) is 10.8 Å². The van der Waals surface area contributed by atoms with E-state index in [1.807, 2.05) is 12.1 Å². The highest BCUT2D eigenvalue weighted by Gasteiger charge is 2.30. The molecule has 6 nitrogen and oxygen atoms in total. The molecule has 0 bridgehead atoms. The van der Waals surface area contributed by atoms with Crippen molar-refractivity contribution in [3.05, 3.63) is 71.6 Å². The monoisotopic (exact) mass is 499 g/mol. The van der Waals surface area contributed by atoms with E-state index < -0.39 is 57.2 Å². The first-order valence-corrected chi connectivity index (χ1v) is 11.6. The third-order valence-electron chi connectivity index (χ3n) is 5.53. The average Bonchev–Trinajstić information content (AvgIpc) is 2.84. The number of fused-ring (bicyclic) bond motifs is 1. The molecule has 1 fully saturated rings. The first kappa shape index (κ1) is 24.0. The number of anilines is 1. The highest BCUT2D eigenvalue weighted by molar-refractivity contribution is 7.89. The third kappa shape index (κ3) is 4.48. The molecule has 3 aromatic rings. The Bertz CT molecular complexity index is 1350. The molecule has 0 atom stereocenters. The van der Waals surface area contributed by atoms with E-state index in [9.17, 15) is 35.2 Å². The van der Waals surface area contributed by atoms with Crippen LogP contribution in [0.4, 0.5) is 27.6 Å². The lowest BCUT2D eigenvalue weighted by molar-refractivity contribution is -0.117. The van der Waals surface area contributed by atoms with Crippen LogP contribution in [0, 0.1) is 29.1 Å². The normalized spacial score (nSPS) is 15.6. The van der Waals surface area contributed by atoms with Crippen molar-refractivity contribution in [1.29, 1.82) is 0 Å². The van der Waals surface area contributed by atoms with Gasteiger partial charge < -0.3 is 5.32 Å². The Hall–Kier alpha value is -3.09. The van der Waals surface area contributed by atoms with Crippen molar-refractivity contribution >= 4 is 32.4 Å². The molecule has 0 saturated carbocycles. The summed E-state index contributed by atoms with van der Waals surface area (Å²) in [6, 6.07) is 12.1. The summed E-state index contributed by atoms with van der Waals surface area (Å²) in [5.41, 5.74) is -1.43. The highest BCUT2D eigenvalue weighted by Crippen LogP contribution is 2.27. The van der Waals surface area contributed by atoms with Crippen LogP contribution in [0.5, 0.6) is 0 Å². The lowest BCUT2D eigenvalue weighted by atomic mass is 10.1. The molecule has 0 spiro atoms. The lowest BCUT2D eigenvalue weighted by Gasteiger charge is -2.33. The molecule has 12 heteroatoms. The maximum atomic E-state index is 13.8. The van der Waals surface area contributed by atoms with Gasteiger partial charge in [-0.25, -0.2) is 30.4 Å². The summed E-state index contributed by atoms with van der Waals surface area (Å²) in [4.78, 5) is 13.8. The fourth-order valence-electron chi connectivity index (χ4n) is 3.70. The standard InChI is InChI=1S/C22H18F5N3O3S/c23-17-18(24)20(26)22(21(27)19(17)25)28-16(31)12-29-7-9-30(10-8-29)34(32,33)15-6-5-13-3-1-2-4-14(13)11-15/h1-6,11H,7-10,12H2,(H,28,31). The van der Waals surface area contributed by atoms with Gasteiger partial charge in [0.2, 0.25) is 21.7 Å². The summed E-state index contributed by atoms with van der Waals surface area (Å²) in [5, 5.41) is 3.37. The second kappa shape index (κ2) is 9.28. The number of rotatable bonds is 5. The Labute approximate surface area is 191 Å². The molecule has 1 saturated heterocycles. The number of sulfonamides is 1. The van der Waals surface area contributed by atoms with Crippen molar-refractivity contribution in [2.24, 2.45) is 0 Å². The SMILES string of the molecule is O=C(CN1CCN(S(=O)(=O)c2ccc3ccccc3c2)CC1)Nc1c(F)c(F)c(F)c(F)c1F. The zero-order valence-corrected chi connectivity index (χ0v) is 18.3. The first-order chi connectivity index (χ1) is 16.1. The molecule has 1 aliphatic rings. The number of amides is 1. The van der Waals surface area contributed by atoms with Gasteiger partial charge in [0.25, 0.3) is 0 Å². The zero-order valence-electron chi connectivity index (χ0n) is 17.5. The smallest absolute Gasteiger partial charge is 0.243 e. The largest absolute Gasteiger partial charge is 0.320 e. The number of halogens is 5. The van der Waals surface area contributed by atoms with Crippen molar-refractivity contribution in [1.82, 2.24) is 9.21 Å². The molecular weight excluding hydrogens is 481 g/mol. The van der Waals surface area contributed by atoms with Gasteiger partial charge in [0.15, 0.2) is 23.3 Å². The fraction of sp³-hybridized carbons (Fsp3) is 0.227. The third-order valence-corrected chi connectivity index (χ3v) is 7.43. The molecule has 3 aromatic carbocycles. The van der Waals surface area contributed by atoms with E-state index in [1.54, 1.807) is 29.6 Å². The Balaban J connectivity index is 1.40. The van der Waals surface area contributed by atoms with Gasteiger partial charge in [-0.3, -0.25) is 9.69 Å². The van der Waals surface area contributed by atoms with Gasteiger partial charge in [-0.05, 0) is 22.9 Å². The van der Waals surface area contributed by atoms with Crippen LogP contribution in [-0.2, 0) is 14.8 Å². The van der Waals surface area contributed by atoms with Crippen molar-refractivity contribution in [3.63, 3.8) is 0 Å². The van der Waals surface area contributed by atoms with E-state index in [2.05, 4.69) is 0 Å². The van der Waals surface area contributed by atoms with Gasteiger partial charge >= 0.3 is 0 Å². The van der Waals surface area contributed by atoms with Crippen LogP contribution in [0.1, 0.15) is 0 Å². The van der Waals surface area contributed by atoms with E-state index in [0.29, 0.717) is 0 Å². The molecular formula is C22H18F5N3O3S. The minimum atomic E-state index is -3.79. The van der Waals surface area contributed by atoms with Crippen molar-refractivity contribution in [2.75, 3.05) is 38.0 Å². The maximum absolute atomic E-state index is 13.8. The lowest BCUT2D eigenvalue weighted by Crippen LogP contribution is -2.50. The highest BCUT2D eigenvalue weighted by atomic mass is 32.2. The van der Waals surface area contributed by atoms with E-state index >= 15 is 0 Å². The quantitative estimate of drug-likeness (QED) is 0.332. The molecule has 0 radical (unpaired) electrons. The predicted octanol–water partition coefficient (Wildman–Crippen LogP) is 3.48. The Kier molecular flexibility index (Phi) is 6.56. The second-order valence-corrected chi connectivity index (χ2v) is 9.62. The van der Waals surface area contributed by atoms with Gasteiger partial charge in [-0.1, -0.05) is 30.3 Å². The van der Waals surface area contributed by atoms with Crippen molar-refractivity contribution < 1.29 is 35.2 Å². The molecule has 1 heterocycles. The van der Waals surface area contributed by atoms with Crippen LogP contribution in [0.2, 0.25) is 0 Å². The summed E-state index contributed by atoms with van der Waals surface area (Å²) >= 11 is 0. The minimum absolute atomic E-state index is 0.0466. The van der Waals surface area contributed by atoms with Crippen LogP contribution in [0.15, 0.2) is 47.4 Å². The summed E-state index contributed by atoms with van der Waals surface area (Å²) in [6.45, 7) is -0.0893. The maximum Gasteiger partial charge on any atom is 0.243 e. The Morgan fingerprint density at radius 1 is 0.794 bits per heavy atom. The second-order valence-electron chi connectivity index (χ2n) is 7.68. The molecule has 1 amide bonds. The van der Waals surface area contributed by atoms with Crippen molar-refractivity contribution in [3.8, 4) is 0 Å². The predicted molar refractivity (Wildman–Crippen MR) is 114 cm³/mol. The van der Waals surface area contributed by atoms with Crippen LogP contribution in [0.3, 0.4) is 0 Å². The summed E-state index contributed by atoms with van der Waals surface area (Å²) in [6.07, 6.45) is 0. The minimum Gasteiger partial charge on any atom is -0.320 e. The van der Waals surface area contributed by atoms with Gasteiger partial charge in [0.05, 0.1) is 11.4 Å². The van der Waals surface area contributed by atoms with Crippen LogP contribution >= 0.6 is 0 Å². The molecule has 1 N–H and O–H groups in total. The van der Waals surface area contributed by atoms with E-state index in [0.717, 1.165) is 10.8 Å². The van der Waals surface area contributed by atoms with Gasteiger partial charge in [-0.15, -0.1) is 0 Å². The molecule has 0 unspecified atom stereocenters. The number of hydrogen-bond donors (Lipinski definition) is 1. The Morgan fingerprint density at radius 2 is 1.35 bits per heavy atom. The van der Waals surface area contributed by atoms with Crippen LogP contribution in [-0.4, -0.2) is 56.3 Å². The first-order valence-electron chi connectivity index (χ1n) is 10.1. The average molecular weight is 499 g/mol. The Morgan fingerprint density at radius 3 is 1.97 bits per heavy atom. The number of nitrogens with zero attached hydrogens (tertiary/aromatic N) is 2. The van der Waals surface area contributed by atoms with Gasteiger partial charge in [-0.2, -0.15) is 4.31 Å². The number of hydrogen-bond acceptors (Lipinski definition) is 4. The molecule has 0 aromatic heterocycles. The fourth-order valence-corrected chi connectivity index (χ4v) is 5.16. The number of carbonyl (C=O) groups is 1. The molecule has 180 valence electrons. The van der Waals surface area contributed by atoms with E-state index in [1.165, 1.54) is 15.3 Å². The topological polar surface area (TPSA) is 69.7 Å². The number of benzene rings is 3. The van der Waals surface area contributed by atoms with Crippen molar-refractivity contribution in [2.45, 2.75) is 4.90 Å². The van der Waals surface area contributed by atoms with E-state index in [4.69, 9.17) is 0 Å². The van der Waals surface area contributed by atoms with E-state index in [-0.39, 0.29) is 31.1 Å². The molecule has 0 aliphatic carbocycles. The summed E-state index contributed by atoms with van der Waals surface area (Å²) in [5.74, 6) is -11.9. The molecule has 1 aliphatic heterocycles. The van der Waals surface area contributed by atoms with Crippen LogP contribution < -0.4 is 5.32 Å².